The Labute approximate surface area is 181 Å². The van der Waals surface area contributed by atoms with Crippen LogP contribution in [0.5, 0.6) is 0 Å². The molecule has 0 spiro atoms. The van der Waals surface area contributed by atoms with E-state index < -0.39 is 0 Å². The zero-order valence-electron chi connectivity index (χ0n) is 18.0. The molecule has 4 rings (SSSR count). The van der Waals surface area contributed by atoms with Gasteiger partial charge in [-0.2, -0.15) is 10.2 Å². The van der Waals surface area contributed by atoms with Crippen LogP contribution in [0.2, 0.25) is 0 Å². The van der Waals surface area contributed by atoms with Gasteiger partial charge in [0.05, 0.1) is 23.9 Å². The molecule has 1 amide bonds. The van der Waals surface area contributed by atoms with Crippen molar-refractivity contribution in [2.75, 3.05) is 13.1 Å². The first-order valence-corrected chi connectivity index (χ1v) is 10.8. The van der Waals surface area contributed by atoms with Gasteiger partial charge in [0.1, 0.15) is 5.82 Å². The summed E-state index contributed by atoms with van der Waals surface area (Å²) >= 11 is 0. The van der Waals surface area contributed by atoms with Gasteiger partial charge in [-0.05, 0) is 37.1 Å². The molecule has 1 aliphatic rings. The first-order chi connectivity index (χ1) is 15.0. The van der Waals surface area contributed by atoms with Crippen LogP contribution in [0.4, 0.5) is 4.39 Å². The molecule has 1 aromatic carbocycles. The molecule has 0 saturated carbocycles. The molecule has 164 valence electrons. The quantitative estimate of drug-likeness (QED) is 0.633. The average Bonchev–Trinajstić information content (AvgIpc) is 3.39. The normalized spacial score (nSPS) is 16.4. The zero-order chi connectivity index (χ0) is 21.8. The van der Waals surface area contributed by atoms with Gasteiger partial charge >= 0.3 is 0 Å². The highest BCUT2D eigenvalue weighted by Gasteiger charge is 2.24. The number of benzene rings is 1. The van der Waals surface area contributed by atoms with Crippen LogP contribution >= 0.6 is 0 Å². The summed E-state index contributed by atoms with van der Waals surface area (Å²) < 4.78 is 17.7. The highest BCUT2D eigenvalue weighted by atomic mass is 19.1. The number of hydrogen-bond donors (Lipinski definition) is 1. The van der Waals surface area contributed by atoms with Crippen molar-refractivity contribution in [1.29, 1.82) is 0 Å². The largest absolute Gasteiger partial charge is 0.353 e. The number of piperidine rings is 1. The van der Waals surface area contributed by atoms with Gasteiger partial charge in [-0.25, -0.2) is 4.39 Å². The average molecular weight is 425 g/mol. The summed E-state index contributed by atoms with van der Waals surface area (Å²) in [6, 6.07) is 10.7. The topological polar surface area (TPSA) is 68.0 Å². The second kappa shape index (κ2) is 9.43. The molecule has 1 unspecified atom stereocenters. The maximum Gasteiger partial charge on any atom is 0.224 e. The van der Waals surface area contributed by atoms with E-state index in [-0.39, 0.29) is 23.7 Å². The molecular weight excluding hydrogens is 395 g/mol. The van der Waals surface area contributed by atoms with E-state index in [1.165, 1.54) is 6.07 Å². The summed E-state index contributed by atoms with van der Waals surface area (Å²) in [6.07, 6.45) is 5.43. The SMILES string of the molecule is CC(Cn1cccn1)C(=O)NC1CCN(Cc2cc(-c3ccccc3F)nn2C)CC1. The molecule has 1 aliphatic heterocycles. The summed E-state index contributed by atoms with van der Waals surface area (Å²) in [5.41, 5.74) is 2.23. The van der Waals surface area contributed by atoms with Crippen molar-refractivity contribution >= 4 is 5.91 Å². The lowest BCUT2D eigenvalue weighted by Crippen LogP contribution is -2.46. The molecule has 0 bridgehead atoms. The predicted molar refractivity (Wildman–Crippen MR) is 116 cm³/mol. The number of nitrogens with zero attached hydrogens (tertiary/aromatic N) is 5. The highest BCUT2D eigenvalue weighted by Crippen LogP contribution is 2.23. The van der Waals surface area contributed by atoms with E-state index in [9.17, 15) is 9.18 Å². The Morgan fingerprint density at radius 3 is 2.74 bits per heavy atom. The van der Waals surface area contributed by atoms with E-state index in [4.69, 9.17) is 0 Å². The standard InChI is InChI=1S/C23H29FN6O/c1-17(15-30-11-5-10-25-30)23(31)26-18-8-12-29(13-9-18)16-19-14-22(27-28(19)2)20-6-3-4-7-21(20)24/h3-7,10-11,14,17-18H,8-9,12-13,15-16H2,1-2H3,(H,26,31). The van der Waals surface area contributed by atoms with Crippen molar-refractivity contribution in [3.8, 4) is 11.3 Å². The Kier molecular flexibility index (Phi) is 6.46. The minimum absolute atomic E-state index is 0.0788. The fourth-order valence-corrected chi connectivity index (χ4v) is 4.03. The van der Waals surface area contributed by atoms with Crippen LogP contribution in [0.1, 0.15) is 25.5 Å². The summed E-state index contributed by atoms with van der Waals surface area (Å²) in [4.78, 5) is 14.9. The molecule has 1 atom stereocenters. The molecule has 1 fully saturated rings. The number of carbonyl (C=O) groups excluding carboxylic acids is 1. The number of amides is 1. The second-order valence-corrected chi connectivity index (χ2v) is 8.31. The second-order valence-electron chi connectivity index (χ2n) is 8.31. The van der Waals surface area contributed by atoms with Crippen LogP contribution in [0.3, 0.4) is 0 Å². The van der Waals surface area contributed by atoms with Gasteiger partial charge in [0, 0.05) is 50.7 Å². The van der Waals surface area contributed by atoms with Gasteiger partial charge in [-0.3, -0.25) is 19.1 Å². The monoisotopic (exact) mass is 424 g/mol. The number of hydrogen-bond acceptors (Lipinski definition) is 4. The molecule has 1 saturated heterocycles. The number of aryl methyl sites for hydroxylation is 1. The third-order valence-corrected chi connectivity index (χ3v) is 5.91. The Morgan fingerprint density at radius 2 is 2.03 bits per heavy atom. The smallest absolute Gasteiger partial charge is 0.224 e. The van der Waals surface area contributed by atoms with E-state index in [2.05, 4.69) is 20.4 Å². The lowest BCUT2D eigenvalue weighted by Gasteiger charge is -2.32. The maximum atomic E-state index is 14.1. The minimum atomic E-state index is -0.259. The maximum absolute atomic E-state index is 14.1. The molecule has 3 aromatic rings. The number of aromatic nitrogens is 4. The molecule has 3 heterocycles. The molecule has 0 radical (unpaired) electrons. The predicted octanol–water partition coefficient (Wildman–Crippen LogP) is 2.84. The molecule has 8 heteroatoms. The van der Waals surface area contributed by atoms with Crippen molar-refractivity contribution in [2.24, 2.45) is 13.0 Å². The summed E-state index contributed by atoms with van der Waals surface area (Å²) in [6.45, 7) is 5.08. The van der Waals surface area contributed by atoms with E-state index in [0.717, 1.165) is 38.2 Å². The van der Waals surface area contributed by atoms with Crippen LogP contribution in [0, 0.1) is 11.7 Å². The third-order valence-electron chi connectivity index (χ3n) is 5.91. The van der Waals surface area contributed by atoms with Gasteiger partial charge in [0.15, 0.2) is 0 Å². The van der Waals surface area contributed by atoms with Crippen molar-refractivity contribution in [1.82, 2.24) is 29.8 Å². The summed E-state index contributed by atoms with van der Waals surface area (Å²) in [5, 5.41) is 11.9. The zero-order valence-corrected chi connectivity index (χ0v) is 18.0. The molecule has 0 aliphatic carbocycles. The van der Waals surface area contributed by atoms with Gasteiger partial charge in [0.25, 0.3) is 0 Å². The summed E-state index contributed by atoms with van der Waals surface area (Å²) in [5.74, 6) is -0.301. The Balaban J connectivity index is 1.28. The van der Waals surface area contributed by atoms with Gasteiger partial charge < -0.3 is 5.32 Å². The lowest BCUT2D eigenvalue weighted by atomic mass is 10.0. The van der Waals surface area contributed by atoms with Crippen LogP contribution in [-0.2, 0) is 24.9 Å². The fourth-order valence-electron chi connectivity index (χ4n) is 4.03. The van der Waals surface area contributed by atoms with Gasteiger partial charge in [-0.1, -0.05) is 19.1 Å². The lowest BCUT2D eigenvalue weighted by molar-refractivity contribution is -0.126. The van der Waals surface area contributed by atoms with Crippen LogP contribution < -0.4 is 5.32 Å². The first-order valence-electron chi connectivity index (χ1n) is 10.8. The number of rotatable bonds is 7. The van der Waals surface area contributed by atoms with Crippen LogP contribution in [0.15, 0.2) is 48.8 Å². The number of likely N-dealkylation sites (tertiary alicyclic amines) is 1. The molecule has 1 N–H and O–H groups in total. The van der Waals surface area contributed by atoms with Crippen molar-refractivity contribution in [3.05, 3.63) is 60.3 Å². The first kappa shape index (κ1) is 21.2. The van der Waals surface area contributed by atoms with E-state index >= 15 is 0 Å². The number of nitrogens with one attached hydrogen (secondary N) is 1. The molecule has 31 heavy (non-hydrogen) atoms. The van der Waals surface area contributed by atoms with Crippen LogP contribution in [-0.4, -0.2) is 49.5 Å². The van der Waals surface area contributed by atoms with E-state index in [1.807, 2.05) is 43.0 Å². The number of halogens is 1. The summed E-state index contributed by atoms with van der Waals surface area (Å²) in [7, 11) is 1.90. The third kappa shape index (κ3) is 5.19. The molecule has 2 aromatic heterocycles. The van der Waals surface area contributed by atoms with Crippen molar-refractivity contribution in [3.63, 3.8) is 0 Å². The van der Waals surface area contributed by atoms with E-state index in [0.29, 0.717) is 17.8 Å². The molecular formula is C23H29FN6O. The fraction of sp³-hybridized carbons (Fsp3) is 0.435. The Hall–Kier alpha value is -3.00. The molecule has 7 nitrogen and oxygen atoms in total. The van der Waals surface area contributed by atoms with E-state index in [1.54, 1.807) is 23.0 Å². The van der Waals surface area contributed by atoms with Gasteiger partial charge in [0.2, 0.25) is 5.91 Å². The van der Waals surface area contributed by atoms with Crippen molar-refractivity contribution in [2.45, 2.75) is 38.9 Å². The Bertz CT molecular complexity index is 1010. The highest BCUT2D eigenvalue weighted by molar-refractivity contribution is 5.78. The minimum Gasteiger partial charge on any atom is -0.353 e. The number of carbonyl (C=O) groups is 1. The van der Waals surface area contributed by atoms with Crippen LogP contribution in [0.25, 0.3) is 11.3 Å². The Morgan fingerprint density at radius 1 is 1.26 bits per heavy atom. The van der Waals surface area contributed by atoms with Crippen molar-refractivity contribution < 1.29 is 9.18 Å². The van der Waals surface area contributed by atoms with Gasteiger partial charge in [-0.15, -0.1) is 0 Å².